The summed E-state index contributed by atoms with van der Waals surface area (Å²) in [6.07, 6.45) is 0. The third-order valence-corrected chi connectivity index (χ3v) is 2.67. The summed E-state index contributed by atoms with van der Waals surface area (Å²) in [6, 6.07) is 4.47. The standard InChI is InChI=1S/C12H14ClNO3/c1-7-5-4-6-9(13)10(7)11(15)14-8(2)12(16)17-3/h4-6,8H,1-3H3,(H,14,15)/t8-/m0/s1. The van der Waals surface area contributed by atoms with Gasteiger partial charge in [0.1, 0.15) is 6.04 Å². The second-order valence-electron chi connectivity index (χ2n) is 3.65. The number of aryl methyl sites for hydroxylation is 1. The van der Waals surface area contributed by atoms with Gasteiger partial charge in [-0.2, -0.15) is 0 Å². The molecular formula is C12H14ClNO3. The molecule has 1 atom stereocenters. The van der Waals surface area contributed by atoms with Crippen molar-refractivity contribution in [3.05, 3.63) is 34.3 Å². The summed E-state index contributed by atoms with van der Waals surface area (Å²) in [5, 5.41) is 2.89. The Morgan fingerprint density at radius 2 is 2.06 bits per heavy atom. The minimum Gasteiger partial charge on any atom is -0.467 e. The topological polar surface area (TPSA) is 55.4 Å². The smallest absolute Gasteiger partial charge is 0.328 e. The molecule has 0 radical (unpaired) electrons. The van der Waals surface area contributed by atoms with E-state index in [4.69, 9.17) is 11.6 Å². The molecule has 92 valence electrons. The summed E-state index contributed by atoms with van der Waals surface area (Å²) in [7, 11) is 1.27. The van der Waals surface area contributed by atoms with Gasteiger partial charge >= 0.3 is 5.97 Å². The molecule has 4 nitrogen and oxygen atoms in total. The summed E-state index contributed by atoms with van der Waals surface area (Å²) in [6.45, 7) is 3.33. The SMILES string of the molecule is COC(=O)[C@H](C)NC(=O)c1c(C)cccc1Cl. The highest BCUT2D eigenvalue weighted by Crippen LogP contribution is 2.19. The Bertz CT molecular complexity index is 425. The number of carbonyl (C=O) groups excluding carboxylic acids is 2. The molecule has 5 heteroatoms. The molecule has 1 N–H and O–H groups in total. The maximum atomic E-state index is 11.9. The Balaban J connectivity index is 2.87. The Kier molecular flexibility index (Phi) is 4.52. The Morgan fingerprint density at radius 3 is 2.59 bits per heavy atom. The van der Waals surface area contributed by atoms with Crippen LogP contribution in [-0.2, 0) is 9.53 Å². The molecule has 0 heterocycles. The Morgan fingerprint density at radius 1 is 1.41 bits per heavy atom. The number of halogens is 1. The lowest BCUT2D eigenvalue weighted by Gasteiger charge is -2.13. The van der Waals surface area contributed by atoms with Gasteiger partial charge in [-0.05, 0) is 25.5 Å². The predicted octanol–water partition coefficient (Wildman–Crippen LogP) is 1.94. The fourth-order valence-corrected chi connectivity index (χ4v) is 1.73. The molecule has 0 aliphatic rings. The van der Waals surface area contributed by atoms with Gasteiger partial charge in [-0.1, -0.05) is 23.7 Å². The molecular weight excluding hydrogens is 242 g/mol. The van der Waals surface area contributed by atoms with Crippen LogP contribution in [0.4, 0.5) is 0 Å². The molecule has 0 saturated carbocycles. The molecule has 0 bridgehead atoms. The van der Waals surface area contributed by atoms with Crippen LogP contribution < -0.4 is 5.32 Å². The summed E-state index contributed by atoms with van der Waals surface area (Å²) >= 11 is 5.94. The van der Waals surface area contributed by atoms with E-state index < -0.39 is 12.0 Å². The van der Waals surface area contributed by atoms with Gasteiger partial charge in [0.25, 0.3) is 5.91 Å². The average Bonchev–Trinajstić information content (AvgIpc) is 2.27. The van der Waals surface area contributed by atoms with Crippen LogP contribution in [0.1, 0.15) is 22.8 Å². The Hall–Kier alpha value is -1.55. The second-order valence-corrected chi connectivity index (χ2v) is 4.06. The van der Waals surface area contributed by atoms with Crippen LogP contribution in [0.15, 0.2) is 18.2 Å². The molecule has 0 saturated heterocycles. The number of esters is 1. The number of hydrogen-bond acceptors (Lipinski definition) is 3. The predicted molar refractivity (Wildman–Crippen MR) is 65.1 cm³/mol. The lowest BCUT2D eigenvalue weighted by molar-refractivity contribution is -0.142. The maximum absolute atomic E-state index is 11.9. The first-order valence-corrected chi connectivity index (χ1v) is 5.49. The quantitative estimate of drug-likeness (QED) is 0.840. The van der Waals surface area contributed by atoms with Crippen molar-refractivity contribution in [1.82, 2.24) is 5.32 Å². The average molecular weight is 256 g/mol. The van der Waals surface area contributed by atoms with E-state index in [1.165, 1.54) is 7.11 Å². The summed E-state index contributed by atoms with van der Waals surface area (Å²) in [5.74, 6) is -0.881. The molecule has 17 heavy (non-hydrogen) atoms. The molecule has 1 aromatic carbocycles. The van der Waals surface area contributed by atoms with Gasteiger partial charge in [-0.15, -0.1) is 0 Å². The molecule has 1 amide bonds. The molecule has 0 unspecified atom stereocenters. The molecule has 0 fully saturated rings. The minimum atomic E-state index is -0.705. The zero-order valence-electron chi connectivity index (χ0n) is 9.91. The summed E-state index contributed by atoms with van der Waals surface area (Å²) in [5.41, 5.74) is 1.14. The zero-order chi connectivity index (χ0) is 13.0. The number of rotatable bonds is 3. The lowest BCUT2D eigenvalue weighted by atomic mass is 10.1. The number of benzene rings is 1. The van der Waals surface area contributed by atoms with Gasteiger partial charge < -0.3 is 10.1 Å². The van der Waals surface area contributed by atoms with Crippen LogP contribution in [0, 0.1) is 6.92 Å². The Labute approximate surface area is 105 Å². The van der Waals surface area contributed by atoms with Crippen molar-refractivity contribution in [1.29, 1.82) is 0 Å². The fourth-order valence-electron chi connectivity index (χ4n) is 1.42. The number of nitrogens with one attached hydrogen (secondary N) is 1. The van der Waals surface area contributed by atoms with Gasteiger partial charge in [-0.25, -0.2) is 4.79 Å². The van der Waals surface area contributed by atoms with Crippen LogP contribution in [-0.4, -0.2) is 25.0 Å². The number of carbonyl (C=O) groups is 2. The first-order valence-electron chi connectivity index (χ1n) is 5.11. The van der Waals surface area contributed by atoms with Crippen molar-refractivity contribution in [2.75, 3.05) is 7.11 Å². The minimum absolute atomic E-state index is 0.361. The third kappa shape index (κ3) is 3.20. The number of ether oxygens (including phenoxy) is 1. The van der Waals surface area contributed by atoms with Crippen LogP contribution in [0.5, 0.6) is 0 Å². The van der Waals surface area contributed by atoms with Crippen molar-refractivity contribution in [2.24, 2.45) is 0 Å². The molecule has 1 rings (SSSR count). The molecule has 0 aliphatic heterocycles. The van der Waals surface area contributed by atoms with Gasteiger partial charge in [0.2, 0.25) is 0 Å². The van der Waals surface area contributed by atoms with Crippen LogP contribution in [0.2, 0.25) is 5.02 Å². The molecule has 0 aliphatic carbocycles. The molecule has 0 aromatic heterocycles. The highest BCUT2D eigenvalue weighted by Gasteiger charge is 2.19. The van der Waals surface area contributed by atoms with Gasteiger partial charge in [0.15, 0.2) is 0 Å². The molecule has 0 spiro atoms. The van der Waals surface area contributed by atoms with E-state index in [1.807, 2.05) is 0 Å². The third-order valence-electron chi connectivity index (χ3n) is 2.35. The van der Waals surface area contributed by atoms with Crippen LogP contribution in [0.3, 0.4) is 0 Å². The summed E-state index contributed by atoms with van der Waals surface area (Å²) in [4.78, 5) is 23.1. The first-order chi connectivity index (χ1) is 7.97. The van der Waals surface area contributed by atoms with E-state index in [0.717, 1.165) is 5.56 Å². The first kappa shape index (κ1) is 13.5. The highest BCUT2D eigenvalue weighted by molar-refractivity contribution is 6.34. The van der Waals surface area contributed by atoms with Gasteiger partial charge in [0, 0.05) is 0 Å². The van der Waals surface area contributed by atoms with E-state index in [9.17, 15) is 9.59 Å². The zero-order valence-corrected chi connectivity index (χ0v) is 10.7. The van der Waals surface area contributed by atoms with E-state index in [-0.39, 0.29) is 5.91 Å². The van der Waals surface area contributed by atoms with Crippen molar-refractivity contribution < 1.29 is 14.3 Å². The van der Waals surface area contributed by atoms with E-state index >= 15 is 0 Å². The van der Waals surface area contributed by atoms with Gasteiger partial charge in [-0.3, -0.25) is 4.79 Å². The summed E-state index contributed by atoms with van der Waals surface area (Å²) < 4.78 is 4.52. The van der Waals surface area contributed by atoms with Crippen molar-refractivity contribution >= 4 is 23.5 Å². The van der Waals surface area contributed by atoms with E-state index in [0.29, 0.717) is 10.6 Å². The van der Waals surface area contributed by atoms with Crippen molar-refractivity contribution in [3.63, 3.8) is 0 Å². The normalized spacial score (nSPS) is 11.8. The van der Waals surface area contributed by atoms with Crippen molar-refractivity contribution in [3.8, 4) is 0 Å². The molecule has 1 aromatic rings. The van der Waals surface area contributed by atoms with Crippen LogP contribution in [0.25, 0.3) is 0 Å². The number of hydrogen-bond donors (Lipinski definition) is 1. The lowest BCUT2D eigenvalue weighted by Crippen LogP contribution is -2.39. The van der Waals surface area contributed by atoms with E-state index in [1.54, 1.807) is 32.0 Å². The monoisotopic (exact) mass is 255 g/mol. The maximum Gasteiger partial charge on any atom is 0.328 e. The highest BCUT2D eigenvalue weighted by atomic mass is 35.5. The van der Waals surface area contributed by atoms with Crippen molar-refractivity contribution in [2.45, 2.75) is 19.9 Å². The van der Waals surface area contributed by atoms with Gasteiger partial charge in [0.05, 0.1) is 17.7 Å². The fraction of sp³-hybridized carbons (Fsp3) is 0.333. The number of amides is 1. The van der Waals surface area contributed by atoms with Crippen LogP contribution >= 0.6 is 11.6 Å². The second kappa shape index (κ2) is 5.68. The largest absolute Gasteiger partial charge is 0.467 e. The number of methoxy groups -OCH3 is 1. The van der Waals surface area contributed by atoms with E-state index in [2.05, 4.69) is 10.1 Å².